The number of hydrogen-bond donors (Lipinski definition) is 2. The summed E-state index contributed by atoms with van der Waals surface area (Å²) >= 11 is 0. The van der Waals surface area contributed by atoms with E-state index in [0.29, 0.717) is 17.9 Å². The first-order valence-corrected chi connectivity index (χ1v) is 5.85. The van der Waals surface area contributed by atoms with Crippen molar-refractivity contribution in [1.29, 1.82) is 0 Å². The summed E-state index contributed by atoms with van der Waals surface area (Å²) in [6, 6.07) is 6.42. The summed E-state index contributed by atoms with van der Waals surface area (Å²) in [5, 5.41) is 2.68. The molecule has 1 amide bonds. The van der Waals surface area contributed by atoms with Crippen molar-refractivity contribution in [3.8, 4) is 0 Å². The first kappa shape index (κ1) is 17.4. The van der Waals surface area contributed by atoms with Gasteiger partial charge in [0.05, 0.1) is 12.2 Å². The van der Waals surface area contributed by atoms with E-state index in [2.05, 4.69) is 5.32 Å². The lowest BCUT2D eigenvalue weighted by atomic mass is 10.2. The average molecular weight is 287 g/mol. The quantitative estimate of drug-likeness (QED) is 0.811. The van der Waals surface area contributed by atoms with Crippen LogP contribution in [0.1, 0.15) is 30.6 Å². The van der Waals surface area contributed by atoms with E-state index in [4.69, 9.17) is 10.5 Å². The molecule has 1 aromatic carbocycles. The van der Waals surface area contributed by atoms with Crippen LogP contribution in [0.5, 0.6) is 0 Å². The maximum absolute atomic E-state index is 11.5. The molecule has 0 radical (unpaired) electrons. The van der Waals surface area contributed by atoms with Crippen molar-refractivity contribution < 1.29 is 14.3 Å². The predicted octanol–water partition coefficient (Wildman–Crippen LogP) is 1.96. The van der Waals surface area contributed by atoms with E-state index in [0.717, 1.165) is 0 Å². The fraction of sp³-hybridized carbons (Fsp3) is 0.385. The molecule has 3 N–H and O–H groups in total. The van der Waals surface area contributed by atoms with E-state index in [9.17, 15) is 9.59 Å². The third-order valence-corrected chi connectivity index (χ3v) is 2.16. The van der Waals surface area contributed by atoms with E-state index in [1.165, 1.54) is 0 Å². The normalized spacial score (nSPS) is 11.1. The fourth-order valence-electron chi connectivity index (χ4n) is 1.44. The Labute approximate surface area is 118 Å². The number of anilines is 1. The standard InChI is InChI=1S/C13H18N2O3.ClH/c1-3-18-13(17)10-5-4-6-11(8-10)15-12(16)7-9(2)14;/h4-6,8-9H,3,7,14H2,1-2H3,(H,15,16);1H. The predicted molar refractivity (Wildman–Crippen MR) is 76.5 cm³/mol. The van der Waals surface area contributed by atoms with Crippen molar-refractivity contribution in [2.75, 3.05) is 11.9 Å². The molecule has 0 aliphatic heterocycles. The molecular weight excluding hydrogens is 268 g/mol. The van der Waals surface area contributed by atoms with Crippen molar-refractivity contribution in [2.45, 2.75) is 26.3 Å². The van der Waals surface area contributed by atoms with Gasteiger partial charge >= 0.3 is 5.97 Å². The van der Waals surface area contributed by atoms with Crippen LogP contribution in [-0.2, 0) is 9.53 Å². The van der Waals surface area contributed by atoms with Crippen molar-refractivity contribution in [2.24, 2.45) is 5.73 Å². The maximum atomic E-state index is 11.5. The van der Waals surface area contributed by atoms with E-state index in [-0.39, 0.29) is 30.8 Å². The molecule has 0 fully saturated rings. The minimum Gasteiger partial charge on any atom is -0.462 e. The monoisotopic (exact) mass is 286 g/mol. The zero-order valence-electron chi connectivity index (χ0n) is 11.0. The van der Waals surface area contributed by atoms with Gasteiger partial charge in [-0.05, 0) is 32.0 Å². The smallest absolute Gasteiger partial charge is 0.338 e. The fourth-order valence-corrected chi connectivity index (χ4v) is 1.44. The summed E-state index contributed by atoms with van der Waals surface area (Å²) in [7, 11) is 0. The number of halogens is 1. The summed E-state index contributed by atoms with van der Waals surface area (Å²) in [6.07, 6.45) is 0.240. The van der Waals surface area contributed by atoms with Crippen LogP contribution in [0.25, 0.3) is 0 Å². The molecule has 1 aromatic rings. The second-order valence-electron chi connectivity index (χ2n) is 4.03. The highest BCUT2D eigenvalue weighted by Gasteiger charge is 2.09. The number of esters is 1. The number of carbonyl (C=O) groups excluding carboxylic acids is 2. The van der Waals surface area contributed by atoms with Crippen LogP contribution in [-0.4, -0.2) is 24.5 Å². The number of carbonyl (C=O) groups is 2. The Kier molecular flexibility index (Phi) is 7.79. The lowest BCUT2D eigenvalue weighted by molar-refractivity contribution is -0.116. The Hall–Kier alpha value is -1.59. The second-order valence-corrected chi connectivity index (χ2v) is 4.03. The average Bonchev–Trinajstić information content (AvgIpc) is 2.28. The third-order valence-electron chi connectivity index (χ3n) is 2.16. The molecule has 1 unspecified atom stereocenters. The second kappa shape index (κ2) is 8.50. The number of rotatable bonds is 5. The number of hydrogen-bond acceptors (Lipinski definition) is 4. The molecule has 0 heterocycles. The van der Waals surface area contributed by atoms with Gasteiger partial charge in [0, 0.05) is 18.2 Å². The van der Waals surface area contributed by atoms with Gasteiger partial charge in [-0.2, -0.15) is 0 Å². The highest BCUT2D eigenvalue weighted by atomic mass is 35.5. The van der Waals surface area contributed by atoms with Crippen LogP contribution >= 0.6 is 12.4 Å². The van der Waals surface area contributed by atoms with Crippen molar-refractivity contribution in [1.82, 2.24) is 0 Å². The van der Waals surface area contributed by atoms with Crippen LogP contribution in [0.2, 0.25) is 0 Å². The summed E-state index contributed by atoms with van der Waals surface area (Å²) in [5.74, 6) is -0.577. The van der Waals surface area contributed by atoms with Crippen LogP contribution in [0.3, 0.4) is 0 Å². The molecule has 0 saturated heterocycles. The molecule has 1 rings (SSSR count). The molecule has 0 spiro atoms. The van der Waals surface area contributed by atoms with Crippen LogP contribution in [0, 0.1) is 0 Å². The number of amides is 1. The number of benzene rings is 1. The summed E-state index contributed by atoms with van der Waals surface area (Å²) < 4.78 is 4.88. The summed E-state index contributed by atoms with van der Waals surface area (Å²) in [5.41, 5.74) is 6.50. The molecule has 0 aliphatic carbocycles. The Morgan fingerprint density at radius 2 is 2.11 bits per heavy atom. The molecule has 0 aromatic heterocycles. The molecule has 5 nitrogen and oxygen atoms in total. The lowest BCUT2D eigenvalue weighted by Crippen LogP contribution is -2.24. The largest absolute Gasteiger partial charge is 0.462 e. The van der Waals surface area contributed by atoms with Crippen LogP contribution < -0.4 is 11.1 Å². The summed E-state index contributed by atoms with van der Waals surface area (Å²) in [4.78, 5) is 23.0. The first-order chi connectivity index (χ1) is 8.52. The van der Waals surface area contributed by atoms with Gasteiger partial charge in [-0.15, -0.1) is 12.4 Å². The Balaban J connectivity index is 0.00000324. The molecule has 0 bridgehead atoms. The van der Waals surface area contributed by atoms with Gasteiger partial charge in [-0.3, -0.25) is 4.79 Å². The lowest BCUT2D eigenvalue weighted by Gasteiger charge is -2.08. The van der Waals surface area contributed by atoms with Crippen molar-refractivity contribution in [3.63, 3.8) is 0 Å². The Bertz CT molecular complexity index is 436. The van der Waals surface area contributed by atoms with Crippen LogP contribution in [0.4, 0.5) is 5.69 Å². The number of ether oxygens (including phenoxy) is 1. The van der Waals surface area contributed by atoms with Gasteiger partial charge in [0.15, 0.2) is 0 Å². The summed E-state index contributed by atoms with van der Waals surface area (Å²) in [6.45, 7) is 3.82. The molecule has 0 saturated carbocycles. The van der Waals surface area contributed by atoms with E-state index in [1.54, 1.807) is 38.1 Å². The molecule has 6 heteroatoms. The van der Waals surface area contributed by atoms with Crippen molar-refractivity contribution >= 4 is 30.0 Å². The molecule has 1 atom stereocenters. The van der Waals surface area contributed by atoms with E-state index < -0.39 is 5.97 Å². The third kappa shape index (κ3) is 6.22. The van der Waals surface area contributed by atoms with Gasteiger partial charge in [-0.1, -0.05) is 6.07 Å². The van der Waals surface area contributed by atoms with Gasteiger partial charge in [0.25, 0.3) is 0 Å². The number of nitrogens with one attached hydrogen (secondary N) is 1. The molecular formula is C13H19ClN2O3. The first-order valence-electron chi connectivity index (χ1n) is 5.85. The van der Waals surface area contributed by atoms with Gasteiger partial charge in [0.2, 0.25) is 5.91 Å². The van der Waals surface area contributed by atoms with Gasteiger partial charge in [0.1, 0.15) is 0 Å². The highest BCUT2D eigenvalue weighted by Crippen LogP contribution is 2.12. The topological polar surface area (TPSA) is 81.4 Å². The van der Waals surface area contributed by atoms with Crippen molar-refractivity contribution in [3.05, 3.63) is 29.8 Å². The molecule has 0 aliphatic rings. The SMILES string of the molecule is CCOC(=O)c1cccc(NC(=O)CC(C)N)c1.Cl. The number of nitrogens with two attached hydrogens (primary N) is 1. The van der Waals surface area contributed by atoms with Gasteiger partial charge in [-0.25, -0.2) is 4.79 Å². The Morgan fingerprint density at radius 3 is 2.68 bits per heavy atom. The van der Waals surface area contributed by atoms with Crippen LogP contribution in [0.15, 0.2) is 24.3 Å². The minimum atomic E-state index is -0.402. The zero-order valence-corrected chi connectivity index (χ0v) is 11.8. The van der Waals surface area contributed by atoms with E-state index in [1.807, 2.05) is 0 Å². The zero-order chi connectivity index (χ0) is 13.5. The van der Waals surface area contributed by atoms with E-state index >= 15 is 0 Å². The molecule has 19 heavy (non-hydrogen) atoms. The minimum absolute atomic E-state index is 0. The molecule has 106 valence electrons. The Morgan fingerprint density at radius 1 is 1.42 bits per heavy atom. The highest BCUT2D eigenvalue weighted by molar-refractivity contribution is 5.94. The maximum Gasteiger partial charge on any atom is 0.338 e. The van der Waals surface area contributed by atoms with Gasteiger partial charge < -0.3 is 15.8 Å².